The molecule has 0 aliphatic rings. The van der Waals surface area contributed by atoms with Crippen LogP contribution in [0.1, 0.15) is 33.1 Å². The van der Waals surface area contributed by atoms with Gasteiger partial charge in [0, 0.05) is 13.1 Å². The molecule has 0 spiro atoms. The molecule has 0 bridgehead atoms. The predicted octanol–water partition coefficient (Wildman–Crippen LogP) is 2.86. The van der Waals surface area contributed by atoms with E-state index in [0.717, 1.165) is 32.4 Å². The summed E-state index contributed by atoms with van der Waals surface area (Å²) in [5.74, 6) is 0. The van der Waals surface area contributed by atoms with Gasteiger partial charge in [-0.05, 0) is 24.4 Å². The summed E-state index contributed by atoms with van der Waals surface area (Å²) in [4.78, 5) is 12.4. The lowest BCUT2D eigenvalue weighted by atomic mass is 10.3. The van der Waals surface area contributed by atoms with Crippen molar-refractivity contribution >= 4 is 17.0 Å². The van der Waals surface area contributed by atoms with Gasteiger partial charge in [-0.25, -0.2) is 0 Å². The van der Waals surface area contributed by atoms with E-state index in [-0.39, 0.29) is 5.37 Å². The third-order valence-electron chi connectivity index (χ3n) is 1.52. The first-order chi connectivity index (χ1) is 5.22. The van der Waals surface area contributed by atoms with Crippen LogP contribution in [-0.2, 0) is 0 Å². The maximum Gasteiger partial charge on any atom is 0.316 e. The Morgan fingerprint density at radius 2 is 1.91 bits per heavy atom. The lowest BCUT2D eigenvalue weighted by molar-refractivity contribution is 0.221. The first kappa shape index (κ1) is 10.8. The summed E-state index contributed by atoms with van der Waals surface area (Å²) in [6.07, 6.45) is 3.12. The van der Waals surface area contributed by atoms with Gasteiger partial charge in [-0.3, -0.25) is 4.79 Å². The zero-order valence-corrected chi connectivity index (χ0v) is 8.02. The summed E-state index contributed by atoms with van der Waals surface area (Å²) in [5.41, 5.74) is 0. The lowest BCUT2D eigenvalue weighted by Crippen LogP contribution is -2.27. The van der Waals surface area contributed by atoms with Gasteiger partial charge in [0.1, 0.15) is 0 Å². The van der Waals surface area contributed by atoms with Crippen molar-refractivity contribution in [2.45, 2.75) is 33.1 Å². The zero-order chi connectivity index (χ0) is 8.69. The van der Waals surface area contributed by atoms with Crippen LogP contribution >= 0.6 is 11.6 Å². The van der Waals surface area contributed by atoms with Crippen molar-refractivity contribution in [3.05, 3.63) is 0 Å². The molecular formula is C8H16ClNO. The number of carbonyl (C=O) groups excluding carboxylic acids is 1. The van der Waals surface area contributed by atoms with E-state index in [4.69, 9.17) is 11.6 Å². The number of amides is 1. The summed E-state index contributed by atoms with van der Waals surface area (Å²) in [7, 11) is 0. The molecule has 0 saturated carbocycles. The highest BCUT2D eigenvalue weighted by Gasteiger charge is 2.07. The summed E-state index contributed by atoms with van der Waals surface area (Å²) in [6, 6.07) is 0. The minimum absolute atomic E-state index is 0.319. The molecule has 0 radical (unpaired) electrons. The largest absolute Gasteiger partial charge is 0.329 e. The molecule has 0 rings (SSSR count). The molecule has 0 aliphatic carbocycles. The van der Waals surface area contributed by atoms with Crippen LogP contribution in [-0.4, -0.2) is 23.4 Å². The third kappa shape index (κ3) is 5.08. The molecular weight excluding hydrogens is 162 g/mol. The molecule has 0 atom stereocenters. The lowest BCUT2D eigenvalue weighted by Gasteiger charge is -2.17. The molecule has 11 heavy (non-hydrogen) atoms. The highest BCUT2D eigenvalue weighted by Crippen LogP contribution is 2.00. The molecule has 2 nitrogen and oxygen atoms in total. The number of rotatable bonds is 5. The second-order valence-electron chi connectivity index (χ2n) is 2.59. The molecule has 1 amide bonds. The number of unbranched alkanes of at least 4 members (excludes halogenated alkanes) is 1. The van der Waals surface area contributed by atoms with Crippen molar-refractivity contribution in [1.29, 1.82) is 0 Å². The minimum Gasteiger partial charge on any atom is -0.329 e. The Labute approximate surface area is 73.5 Å². The molecule has 0 heterocycles. The molecule has 0 N–H and O–H groups in total. The second kappa shape index (κ2) is 6.47. The van der Waals surface area contributed by atoms with Crippen molar-refractivity contribution in [2.24, 2.45) is 0 Å². The highest BCUT2D eigenvalue weighted by atomic mass is 35.5. The Morgan fingerprint density at radius 3 is 2.27 bits per heavy atom. The molecule has 0 unspecified atom stereocenters. The van der Waals surface area contributed by atoms with E-state index >= 15 is 0 Å². The van der Waals surface area contributed by atoms with Crippen LogP contribution in [0, 0.1) is 0 Å². The Morgan fingerprint density at radius 1 is 1.27 bits per heavy atom. The standard InChI is InChI=1S/C8H16ClNO/c1-3-5-7-10(6-4-2)8(9)11/h3-7H2,1-2H3. The van der Waals surface area contributed by atoms with Crippen LogP contribution in [0.25, 0.3) is 0 Å². The molecule has 0 aromatic heterocycles. The van der Waals surface area contributed by atoms with Gasteiger partial charge in [-0.2, -0.15) is 0 Å². The van der Waals surface area contributed by atoms with E-state index in [1.807, 2.05) is 6.92 Å². The molecule has 0 fully saturated rings. The topological polar surface area (TPSA) is 20.3 Å². The number of carbonyl (C=O) groups is 1. The third-order valence-corrected chi connectivity index (χ3v) is 1.76. The van der Waals surface area contributed by atoms with Crippen LogP contribution in [0.3, 0.4) is 0 Å². The average molecular weight is 178 g/mol. The van der Waals surface area contributed by atoms with E-state index in [1.165, 1.54) is 0 Å². The van der Waals surface area contributed by atoms with Crippen molar-refractivity contribution < 1.29 is 4.79 Å². The van der Waals surface area contributed by atoms with Gasteiger partial charge in [0.25, 0.3) is 0 Å². The van der Waals surface area contributed by atoms with Crippen molar-refractivity contribution in [1.82, 2.24) is 4.90 Å². The van der Waals surface area contributed by atoms with Crippen LogP contribution in [0.4, 0.5) is 4.79 Å². The summed E-state index contributed by atoms with van der Waals surface area (Å²) in [5, 5.41) is -0.319. The minimum atomic E-state index is -0.319. The van der Waals surface area contributed by atoms with Crippen molar-refractivity contribution in [3.8, 4) is 0 Å². The van der Waals surface area contributed by atoms with Crippen LogP contribution in [0.15, 0.2) is 0 Å². The van der Waals surface area contributed by atoms with E-state index in [1.54, 1.807) is 4.90 Å². The molecule has 0 aromatic carbocycles. The molecule has 0 saturated heterocycles. The second-order valence-corrected chi connectivity index (χ2v) is 2.92. The Kier molecular flexibility index (Phi) is 6.33. The van der Waals surface area contributed by atoms with Gasteiger partial charge >= 0.3 is 5.37 Å². The summed E-state index contributed by atoms with van der Waals surface area (Å²) >= 11 is 5.35. The Balaban J connectivity index is 3.60. The summed E-state index contributed by atoms with van der Waals surface area (Å²) in [6.45, 7) is 5.72. The van der Waals surface area contributed by atoms with E-state index in [9.17, 15) is 4.79 Å². The number of nitrogens with zero attached hydrogens (tertiary/aromatic N) is 1. The van der Waals surface area contributed by atoms with Crippen molar-refractivity contribution in [2.75, 3.05) is 13.1 Å². The van der Waals surface area contributed by atoms with Gasteiger partial charge in [-0.1, -0.05) is 20.3 Å². The Bertz CT molecular complexity index is 117. The van der Waals surface area contributed by atoms with Gasteiger partial charge in [-0.15, -0.1) is 0 Å². The zero-order valence-electron chi connectivity index (χ0n) is 7.27. The highest BCUT2D eigenvalue weighted by molar-refractivity contribution is 6.62. The first-order valence-electron chi connectivity index (χ1n) is 4.16. The SMILES string of the molecule is CCCCN(CCC)C(=O)Cl. The van der Waals surface area contributed by atoms with Crippen molar-refractivity contribution in [3.63, 3.8) is 0 Å². The maximum atomic E-state index is 10.7. The number of halogens is 1. The van der Waals surface area contributed by atoms with Gasteiger partial charge in [0.15, 0.2) is 0 Å². The number of hydrogen-bond acceptors (Lipinski definition) is 1. The maximum absolute atomic E-state index is 10.7. The van der Waals surface area contributed by atoms with E-state index in [2.05, 4.69) is 6.92 Å². The van der Waals surface area contributed by atoms with E-state index in [0.29, 0.717) is 0 Å². The fraction of sp³-hybridized carbons (Fsp3) is 0.875. The predicted molar refractivity (Wildman–Crippen MR) is 48.0 cm³/mol. The quantitative estimate of drug-likeness (QED) is 0.467. The van der Waals surface area contributed by atoms with E-state index < -0.39 is 0 Å². The fourth-order valence-corrected chi connectivity index (χ4v) is 1.08. The molecule has 66 valence electrons. The summed E-state index contributed by atoms with van der Waals surface area (Å²) < 4.78 is 0. The monoisotopic (exact) mass is 177 g/mol. The van der Waals surface area contributed by atoms with Gasteiger partial charge < -0.3 is 4.90 Å². The normalized spacial score (nSPS) is 9.73. The fourth-order valence-electron chi connectivity index (χ4n) is 0.906. The first-order valence-corrected chi connectivity index (χ1v) is 4.54. The van der Waals surface area contributed by atoms with Crippen LogP contribution < -0.4 is 0 Å². The van der Waals surface area contributed by atoms with Gasteiger partial charge in [0.05, 0.1) is 0 Å². The number of hydrogen-bond donors (Lipinski definition) is 0. The molecule has 3 heteroatoms. The smallest absolute Gasteiger partial charge is 0.316 e. The van der Waals surface area contributed by atoms with Crippen LogP contribution in [0.2, 0.25) is 0 Å². The Hall–Kier alpha value is -0.240. The van der Waals surface area contributed by atoms with Crippen LogP contribution in [0.5, 0.6) is 0 Å². The molecule has 0 aromatic rings. The van der Waals surface area contributed by atoms with Gasteiger partial charge in [0.2, 0.25) is 0 Å². The molecule has 0 aliphatic heterocycles. The average Bonchev–Trinajstić information content (AvgIpc) is 1.97.